The van der Waals surface area contributed by atoms with Gasteiger partial charge in [-0.25, -0.2) is 8.42 Å². The number of methoxy groups -OCH3 is 1. The average molecular weight is 459 g/mol. The molecular formula is C23H23ClN2O4S. The summed E-state index contributed by atoms with van der Waals surface area (Å²) in [4.78, 5) is 12.5. The number of para-hydroxylation sites is 1. The molecule has 8 heteroatoms. The predicted molar refractivity (Wildman–Crippen MR) is 123 cm³/mol. The molecule has 0 aromatic heterocycles. The summed E-state index contributed by atoms with van der Waals surface area (Å²) in [5, 5.41) is 3.34. The van der Waals surface area contributed by atoms with E-state index in [-0.39, 0.29) is 12.5 Å². The molecule has 3 aromatic rings. The van der Waals surface area contributed by atoms with Crippen molar-refractivity contribution in [3.63, 3.8) is 0 Å². The van der Waals surface area contributed by atoms with E-state index < -0.39 is 10.0 Å². The summed E-state index contributed by atoms with van der Waals surface area (Å²) in [7, 11) is -1.98. The van der Waals surface area contributed by atoms with E-state index in [9.17, 15) is 13.2 Å². The molecule has 0 saturated heterocycles. The molecular weight excluding hydrogens is 436 g/mol. The van der Waals surface area contributed by atoms with Crippen molar-refractivity contribution in [1.29, 1.82) is 0 Å². The Bertz CT molecular complexity index is 1160. The van der Waals surface area contributed by atoms with E-state index in [1.807, 2.05) is 24.3 Å². The molecule has 6 nitrogen and oxygen atoms in total. The third kappa shape index (κ3) is 5.77. The van der Waals surface area contributed by atoms with Gasteiger partial charge in [0.05, 0.1) is 25.6 Å². The predicted octanol–water partition coefficient (Wildman–Crippen LogP) is 4.24. The van der Waals surface area contributed by atoms with Gasteiger partial charge in [0.15, 0.2) is 0 Å². The number of hydrogen-bond acceptors (Lipinski definition) is 4. The largest absolute Gasteiger partial charge is 0.496 e. The molecule has 162 valence electrons. The smallest absolute Gasteiger partial charge is 0.251 e. The molecule has 0 bridgehead atoms. The number of sulfonamides is 1. The van der Waals surface area contributed by atoms with Crippen LogP contribution in [0.3, 0.4) is 0 Å². The second-order valence-corrected chi connectivity index (χ2v) is 9.22. The Labute approximate surface area is 187 Å². The van der Waals surface area contributed by atoms with Gasteiger partial charge in [-0.05, 0) is 42.0 Å². The fraction of sp³-hybridized carbons (Fsp3) is 0.174. The summed E-state index contributed by atoms with van der Waals surface area (Å²) in [5.41, 5.74) is 2.42. The molecule has 3 rings (SSSR count). The van der Waals surface area contributed by atoms with Crippen LogP contribution in [0.25, 0.3) is 0 Å². The zero-order valence-electron chi connectivity index (χ0n) is 17.2. The molecule has 0 spiro atoms. The molecule has 0 saturated carbocycles. The van der Waals surface area contributed by atoms with Crippen molar-refractivity contribution in [3.05, 3.63) is 94.5 Å². The van der Waals surface area contributed by atoms with E-state index >= 15 is 0 Å². The van der Waals surface area contributed by atoms with Crippen molar-refractivity contribution in [1.82, 2.24) is 5.32 Å². The van der Waals surface area contributed by atoms with Gasteiger partial charge >= 0.3 is 0 Å². The average Bonchev–Trinajstić information content (AvgIpc) is 2.76. The van der Waals surface area contributed by atoms with Crippen molar-refractivity contribution in [3.8, 4) is 5.75 Å². The number of ether oxygens (including phenoxy) is 1. The lowest BCUT2D eigenvalue weighted by atomic mass is 10.1. The maximum atomic E-state index is 12.5. The summed E-state index contributed by atoms with van der Waals surface area (Å²) in [6, 6.07) is 20.9. The first kappa shape index (κ1) is 22.7. The first-order chi connectivity index (χ1) is 14.8. The molecule has 3 aromatic carbocycles. The van der Waals surface area contributed by atoms with E-state index in [4.69, 9.17) is 16.3 Å². The first-order valence-electron chi connectivity index (χ1n) is 9.51. The normalized spacial score (nSPS) is 11.1. The van der Waals surface area contributed by atoms with E-state index in [2.05, 4.69) is 5.32 Å². The van der Waals surface area contributed by atoms with Gasteiger partial charge in [-0.15, -0.1) is 0 Å². The van der Waals surface area contributed by atoms with Crippen molar-refractivity contribution >= 4 is 33.2 Å². The van der Waals surface area contributed by atoms with Gasteiger partial charge in [-0.3, -0.25) is 9.10 Å². The number of nitrogens with zero attached hydrogens (tertiary/aromatic N) is 1. The molecule has 0 atom stereocenters. The number of halogens is 1. The molecule has 0 aliphatic rings. The summed E-state index contributed by atoms with van der Waals surface area (Å²) < 4.78 is 31.3. The molecule has 0 fully saturated rings. The number of anilines is 1. The van der Waals surface area contributed by atoms with Crippen LogP contribution >= 0.6 is 11.6 Å². The van der Waals surface area contributed by atoms with Gasteiger partial charge in [0, 0.05) is 22.7 Å². The number of hydrogen-bond donors (Lipinski definition) is 1. The van der Waals surface area contributed by atoms with Crippen LogP contribution in [0.1, 0.15) is 21.5 Å². The molecule has 31 heavy (non-hydrogen) atoms. The Balaban J connectivity index is 1.75. The third-order valence-electron chi connectivity index (χ3n) is 4.72. The summed E-state index contributed by atoms with van der Waals surface area (Å²) in [5.74, 6) is 0.427. The van der Waals surface area contributed by atoms with Gasteiger partial charge < -0.3 is 10.1 Å². The fourth-order valence-electron chi connectivity index (χ4n) is 3.09. The Kier molecular flexibility index (Phi) is 7.20. The van der Waals surface area contributed by atoms with E-state index in [1.54, 1.807) is 55.6 Å². The van der Waals surface area contributed by atoms with Crippen LogP contribution in [0.15, 0.2) is 72.8 Å². The van der Waals surface area contributed by atoms with E-state index in [0.717, 1.165) is 11.8 Å². The Morgan fingerprint density at radius 2 is 1.58 bits per heavy atom. The lowest BCUT2D eigenvalue weighted by Gasteiger charge is -2.23. The standard InChI is InChI=1S/C23H23ClN2O4S/c1-30-22-10-6-4-7-18(22)15-25-23(27)17-11-13-20(14-12-17)26(31(2,28)29)16-19-8-3-5-9-21(19)24/h3-14H,15-16H2,1-2H3,(H,25,27). The van der Waals surface area contributed by atoms with Crippen molar-refractivity contribution in [2.45, 2.75) is 13.1 Å². The lowest BCUT2D eigenvalue weighted by molar-refractivity contribution is 0.0950. The van der Waals surface area contributed by atoms with Gasteiger partial charge in [0.1, 0.15) is 5.75 Å². The maximum absolute atomic E-state index is 12.5. The van der Waals surface area contributed by atoms with Crippen LogP contribution in [0.5, 0.6) is 5.75 Å². The quantitative estimate of drug-likeness (QED) is 0.547. The Hall–Kier alpha value is -3.03. The SMILES string of the molecule is COc1ccccc1CNC(=O)c1ccc(N(Cc2ccccc2Cl)S(C)(=O)=O)cc1. The molecule has 0 radical (unpaired) electrons. The summed E-state index contributed by atoms with van der Waals surface area (Å²) in [6.45, 7) is 0.407. The highest BCUT2D eigenvalue weighted by atomic mass is 35.5. The van der Waals surface area contributed by atoms with Crippen LogP contribution in [0.2, 0.25) is 5.02 Å². The van der Waals surface area contributed by atoms with Crippen molar-refractivity contribution in [2.75, 3.05) is 17.7 Å². The minimum absolute atomic E-state index is 0.0951. The molecule has 1 N–H and O–H groups in total. The lowest BCUT2D eigenvalue weighted by Crippen LogP contribution is -2.29. The molecule has 1 amide bonds. The van der Waals surface area contributed by atoms with Gasteiger partial charge in [-0.1, -0.05) is 48.0 Å². The Morgan fingerprint density at radius 1 is 0.968 bits per heavy atom. The highest BCUT2D eigenvalue weighted by Crippen LogP contribution is 2.24. The zero-order valence-corrected chi connectivity index (χ0v) is 18.8. The highest BCUT2D eigenvalue weighted by Gasteiger charge is 2.19. The Morgan fingerprint density at radius 3 is 2.19 bits per heavy atom. The van der Waals surface area contributed by atoms with Crippen molar-refractivity contribution < 1.29 is 17.9 Å². The minimum atomic E-state index is -3.56. The molecule has 0 unspecified atom stereocenters. The van der Waals surface area contributed by atoms with Crippen LogP contribution in [-0.4, -0.2) is 27.7 Å². The highest BCUT2D eigenvalue weighted by molar-refractivity contribution is 7.92. The molecule has 0 heterocycles. The van der Waals surface area contributed by atoms with Gasteiger partial charge in [0.2, 0.25) is 10.0 Å². The summed E-state index contributed by atoms with van der Waals surface area (Å²) in [6.07, 6.45) is 1.14. The number of nitrogens with one attached hydrogen (secondary N) is 1. The first-order valence-corrected chi connectivity index (χ1v) is 11.7. The van der Waals surface area contributed by atoms with Crippen LogP contribution in [0, 0.1) is 0 Å². The number of carbonyl (C=O) groups is 1. The van der Waals surface area contributed by atoms with E-state index in [1.165, 1.54) is 4.31 Å². The van der Waals surface area contributed by atoms with Crippen LogP contribution < -0.4 is 14.4 Å². The van der Waals surface area contributed by atoms with Crippen molar-refractivity contribution in [2.24, 2.45) is 0 Å². The summed E-state index contributed by atoms with van der Waals surface area (Å²) >= 11 is 6.20. The number of carbonyl (C=O) groups excluding carboxylic acids is 1. The van der Waals surface area contributed by atoms with Gasteiger partial charge in [-0.2, -0.15) is 0 Å². The van der Waals surface area contributed by atoms with Crippen LogP contribution in [-0.2, 0) is 23.1 Å². The number of amides is 1. The topological polar surface area (TPSA) is 75.7 Å². The third-order valence-corrected chi connectivity index (χ3v) is 6.23. The van der Waals surface area contributed by atoms with Crippen LogP contribution in [0.4, 0.5) is 5.69 Å². The number of benzene rings is 3. The second kappa shape index (κ2) is 9.85. The fourth-order valence-corrected chi connectivity index (χ4v) is 4.16. The minimum Gasteiger partial charge on any atom is -0.496 e. The maximum Gasteiger partial charge on any atom is 0.251 e. The molecule has 0 aliphatic heterocycles. The zero-order chi connectivity index (χ0) is 22.4. The number of rotatable bonds is 8. The second-order valence-electron chi connectivity index (χ2n) is 6.90. The van der Waals surface area contributed by atoms with Gasteiger partial charge in [0.25, 0.3) is 5.91 Å². The van der Waals surface area contributed by atoms with E-state index in [0.29, 0.717) is 34.1 Å². The molecule has 0 aliphatic carbocycles. The monoisotopic (exact) mass is 458 g/mol.